The average molecular weight is 273 g/mol. The van der Waals surface area contributed by atoms with Crippen molar-refractivity contribution >= 4 is 28.6 Å². The number of anilines is 1. The number of benzene rings is 1. The molecule has 3 rings (SSSR count). The molecule has 1 aliphatic carbocycles. The number of para-hydroxylation sites is 2. The quantitative estimate of drug-likeness (QED) is 0.926. The van der Waals surface area contributed by atoms with E-state index in [0.717, 1.165) is 22.5 Å². The topological polar surface area (TPSA) is 37.8 Å². The van der Waals surface area contributed by atoms with E-state index in [1.165, 1.54) is 19.3 Å². The number of fused-ring (bicyclic) bond motifs is 1. The zero-order valence-corrected chi connectivity index (χ0v) is 12.2. The summed E-state index contributed by atoms with van der Waals surface area (Å²) in [7, 11) is 0. The summed E-state index contributed by atoms with van der Waals surface area (Å²) in [6.45, 7) is 2.03. The van der Waals surface area contributed by atoms with Crippen LogP contribution >= 0.6 is 11.8 Å². The number of aromatic nitrogens is 2. The van der Waals surface area contributed by atoms with Gasteiger partial charge in [0.2, 0.25) is 0 Å². The summed E-state index contributed by atoms with van der Waals surface area (Å²) < 4.78 is 0. The minimum absolute atomic E-state index is 0.532. The van der Waals surface area contributed by atoms with Gasteiger partial charge in [-0.25, -0.2) is 9.97 Å². The van der Waals surface area contributed by atoms with Crippen LogP contribution in [-0.4, -0.2) is 27.5 Å². The second-order valence-electron chi connectivity index (χ2n) is 5.10. The van der Waals surface area contributed by atoms with Gasteiger partial charge in [0.15, 0.2) is 0 Å². The fraction of sp³-hybridized carbons (Fsp3) is 0.467. The minimum Gasteiger partial charge on any atom is -0.365 e. The first kappa shape index (κ1) is 12.7. The summed E-state index contributed by atoms with van der Waals surface area (Å²) >= 11 is 1.96. The van der Waals surface area contributed by atoms with Gasteiger partial charge >= 0.3 is 0 Å². The lowest BCUT2D eigenvalue weighted by atomic mass is 10.2. The van der Waals surface area contributed by atoms with E-state index < -0.39 is 0 Å². The number of aryl methyl sites for hydroxylation is 1. The van der Waals surface area contributed by atoms with Gasteiger partial charge in [0.05, 0.1) is 16.7 Å². The monoisotopic (exact) mass is 273 g/mol. The van der Waals surface area contributed by atoms with Gasteiger partial charge in [-0.3, -0.25) is 0 Å². The Morgan fingerprint density at radius 1 is 1.16 bits per heavy atom. The van der Waals surface area contributed by atoms with E-state index in [1.807, 2.05) is 43.0 Å². The fourth-order valence-electron chi connectivity index (χ4n) is 2.77. The van der Waals surface area contributed by atoms with E-state index in [1.54, 1.807) is 0 Å². The summed E-state index contributed by atoms with van der Waals surface area (Å²) in [5, 5.41) is 4.31. The first-order valence-electron chi connectivity index (χ1n) is 6.80. The molecule has 1 aromatic carbocycles. The minimum atomic E-state index is 0.532. The van der Waals surface area contributed by atoms with E-state index in [4.69, 9.17) is 4.98 Å². The number of nitrogens with zero attached hydrogens (tertiary/aromatic N) is 2. The Balaban J connectivity index is 1.90. The van der Waals surface area contributed by atoms with E-state index in [9.17, 15) is 0 Å². The molecule has 0 amide bonds. The van der Waals surface area contributed by atoms with Gasteiger partial charge in [-0.1, -0.05) is 18.6 Å². The van der Waals surface area contributed by atoms with Crippen LogP contribution in [0.15, 0.2) is 24.3 Å². The third kappa shape index (κ3) is 2.54. The molecule has 1 fully saturated rings. The van der Waals surface area contributed by atoms with E-state index in [2.05, 4.69) is 16.6 Å². The standard InChI is InChI=1S/C15H19N3S/c1-10-15(18-13-8-5-9-14(13)19-2)17-12-7-4-3-6-11(12)16-10/h3-4,6-7,13-14H,5,8-9H2,1-2H3,(H,17,18). The fourth-order valence-corrected chi connectivity index (χ4v) is 3.71. The lowest BCUT2D eigenvalue weighted by Gasteiger charge is -2.20. The highest BCUT2D eigenvalue weighted by molar-refractivity contribution is 7.99. The molecular formula is C15H19N3S. The highest BCUT2D eigenvalue weighted by atomic mass is 32.2. The van der Waals surface area contributed by atoms with Crippen molar-refractivity contribution in [2.45, 2.75) is 37.5 Å². The molecule has 0 aliphatic heterocycles. The molecule has 1 N–H and O–H groups in total. The molecule has 0 radical (unpaired) electrons. The van der Waals surface area contributed by atoms with Crippen molar-refractivity contribution in [3.05, 3.63) is 30.0 Å². The normalized spacial score (nSPS) is 22.8. The Kier molecular flexibility index (Phi) is 3.60. The van der Waals surface area contributed by atoms with Crippen LogP contribution in [0.3, 0.4) is 0 Å². The van der Waals surface area contributed by atoms with Crippen molar-refractivity contribution < 1.29 is 0 Å². The third-order valence-electron chi connectivity index (χ3n) is 3.82. The molecule has 0 saturated heterocycles. The maximum atomic E-state index is 4.72. The molecule has 1 saturated carbocycles. The lowest BCUT2D eigenvalue weighted by molar-refractivity contribution is 0.761. The predicted octanol–water partition coefficient (Wildman–Crippen LogP) is 3.63. The molecule has 3 nitrogen and oxygen atoms in total. The van der Waals surface area contributed by atoms with Crippen LogP contribution in [-0.2, 0) is 0 Å². The van der Waals surface area contributed by atoms with Gasteiger partial charge < -0.3 is 5.32 Å². The molecule has 1 heterocycles. The lowest BCUT2D eigenvalue weighted by Crippen LogP contribution is -2.26. The number of hydrogen-bond donors (Lipinski definition) is 1. The molecule has 19 heavy (non-hydrogen) atoms. The molecule has 0 spiro atoms. The molecule has 4 heteroatoms. The molecule has 2 unspecified atom stereocenters. The van der Waals surface area contributed by atoms with Crippen LogP contribution < -0.4 is 5.32 Å². The van der Waals surface area contributed by atoms with Crippen molar-refractivity contribution in [2.75, 3.05) is 11.6 Å². The van der Waals surface area contributed by atoms with E-state index >= 15 is 0 Å². The highest BCUT2D eigenvalue weighted by Crippen LogP contribution is 2.31. The first-order valence-corrected chi connectivity index (χ1v) is 8.09. The van der Waals surface area contributed by atoms with Crippen LogP contribution in [0.2, 0.25) is 0 Å². The number of hydrogen-bond acceptors (Lipinski definition) is 4. The van der Waals surface area contributed by atoms with Gasteiger partial charge in [0.1, 0.15) is 5.82 Å². The van der Waals surface area contributed by atoms with Crippen molar-refractivity contribution in [2.24, 2.45) is 0 Å². The van der Waals surface area contributed by atoms with Gasteiger partial charge in [0, 0.05) is 11.3 Å². The van der Waals surface area contributed by atoms with Crippen LogP contribution in [0.4, 0.5) is 5.82 Å². The molecule has 1 aromatic heterocycles. The Morgan fingerprint density at radius 2 is 1.89 bits per heavy atom. The van der Waals surface area contributed by atoms with Crippen LogP contribution in [0, 0.1) is 6.92 Å². The van der Waals surface area contributed by atoms with E-state index in [-0.39, 0.29) is 0 Å². The molecule has 100 valence electrons. The first-order chi connectivity index (χ1) is 9.28. The van der Waals surface area contributed by atoms with Crippen molar-refractivity contribution in [1.82, 2.24) is 9.97 Å². The van der Waals surface area contributed by atoms with Crippen LogP contribution in [0.1, 0.15) is 25.0 Å². The van der Waals surface area contributed by atoms with Crippen molar-refractivity contribution in [3.63, 3.8) is 0 Å². The molecule has 2 aromatic rings. The van der Waals surface area contributed by atoms with Crippen LogP contribution in [0.5, 0.6) is 0 Å². The van der Waals surface area contributed by atoms with Crippen molar-refractivity contribution in [1.29, 1.82) is 0 Å². The van der Waals surface area contributed by atoms with Gasteiger partial charge in [-0.05, 0) is 38.2 Å². The average Bonchev–Trinajstić information content (AvgIpc) is 2.87. The molecule has 1 aliphatic rings. The Labute approximate surface area is 118 Å². The second kappa shape index (κ2) is 5.37. The zero-order chi connectivity index (χ0) is 13.2. The molecule has 0 bridgehead atoms. The molecular weight excluding hydrogens is 254 g/mol. The van der Waals surface area contributed by atoms with Crippen molar-refractivity contribution in [3.8, 4) is 0 Å². The number of thioether (sulfide) groups is 1. The summed E-state index contributed by atoms with van der Waals surface area (Å²) in [6.07, 6.45) is 6.05. The van der Waals surface area contributed by atoms with Gasteiger partial charge in [-0.15, -0.1) is 0 Å². The summed E-state index contributed by atoms with van der Waals surface area (Å²) in [6, 6.07) is 8.58. The smallest absolute Gasteiger partial charge is 0.148 e. The zero-order valence-electron chi connectivity index (χ0n) is 11.4. The predicted molar refractivity (Wildman–Crippen MR) is 82.8 cm³/mol. The third-order valence-corrected chi connectivity index (χ3v) is 4.99. The second-order valence-corrected chi connectivity index (χ2v) is 6.18. The SMILES string of the molecule is CSC1CCCC1Nc1nc2ccccc2nc1C. The summed E-state index contributed by atoms with van der Waals surface area (Å²) in [4.78, 5) is 9.36. The van der Waals surface area contributed by atoms with E-state index in [0.29, 0.717) is 11.3 Å². The summed E-state index contributed by atoms with van der Waals surface area (Å²) in [5.41, 5.74) is 2.93. The maximum Gasteiger partial charge on any atom is 0.148 e. The molecule has 2 atom stereocenters. The summed E-state index contributed by atoms with van der Waals surface area (Å²) in [5.74, 6) is 0.949. The Bertz CT molecular complexity index is 585. The number of rotatable bonds is 3. The Hall–Kier alpha value is -1.29. The Morgan fingerprint density at radius 3 is 2.63 bits per heavy atom. The number of nitrogens with one attached hydrogen (secondary N) is 1. The van der Waals surface area contributed by atoms with Crippen LogP contribution in [0.25, 0.3) is 11.0 Å². The van der Waals surface area contributed by atoms with Gasteiger partial charge in [0.25, 0.3) is 0 Å². The van der Waals surface area contributed by atoms with Gasteiger partial charge in [-0.2, -0.15) is 11.8 Å². The maximum absolute atomic E-state index is 4.72. The highest BCUT2D eigenvalue weighted by Gasteiger charge is 2.27. The largest absolute Gasteiger partial charge is 0.365 e.